The summed E-state index contributed by atoms with van der Waals surface area (Å²) in [7, 11) is 0. The Morgan fingerprint density at radius 3 is 2.54 bits per heavy atom. The number of nitrogens with zero attached hydrogens (tertiary/aromatic N) is 2. The van der Waals surface area contributed by atoms with Gasteiger partial charge in [0.1, 0.15) is 5.82 Å². The minimum Gasteiger partial charge on any atom is -0.354 e. The zero-order valence-corrected chi connectivity index (χ0v) is 14.9. The average molecular weight is 361 g/mol. The Balaban J connectivity index is 1.73. The number of carbonyl (C=O) groups excluding carboxylic acids is 2. The van der Waals surface area contributed by atoms with Gasteiger partial charge in [0.05, 0.1) is 24.0 Å². The molecule has 8 heteroatoms. The van der Waals surface area contributed by atoms with Crippen molar-refractivity contribution in [1.82, 2.24) is 20.4 Å². The summed E-state index contributed by atoms with van der Waals surface area (Å²) in [6.07, 6.45) is 2.32. The lowest BCUT2D eigenvalue weighted by molar-refractivity contribution is -0.127. The molecule has 0 aliphatic heterocycles. The zero-order chi connectivity index (χ0) is 19.1. The first-order chi connectivity index (χ1) is 12.4. The summed E-state index contributed by atoms with van der Waals surface area (Å²) < 4.78 is 14.6. The predicted molar refractivity (Wildman–Crippen MR) is 96.1 cm³/mol. The van der Waals surface area contributed by atoms with Gasteiger partial charge in [0.15, 0.2) is 0 Å². The number of amides is 2. The first-order valence-corrected chi connectivity index (χ1v) is 8.47. The van der Waals surface area contributed by atoms with Gasteiger partial charge in [0, 0.05) is 19.2 Å². The Kier molecular flexibility index (Phi) is 6.85. The minimum absolute atomic E-state index is 0.00859. The first-order valence-electron chi connectivity index (χ1n) is 8.47. The number of halogens is 1. The molecule has 0 saturated carbocycles. The zero-order valence-electron chi connectivity index (χ0n) is 14.9. The highest BCUT2D eigenvalue weighted by molar-refractivity contribution is 5.87. The van der Waals surface area contributed by atoms with Crippen LogP contribution in [0.3, 0.4) is 0 Å². The molecule has 2 rings (SSSR count). The number of aromatic nitrogens is 2. The molecule has 1 aromatic carbocycles. The van der Waals surface area contributed by atoms with Gasteiger partial charge in [-0.05, 0) is 36.2 Å². The molecule has 0 saturated heterocycles. The van der Waals surface area contributed by atoms with Gasteiger partial charge in [-0.25, -0.2) is 9.07 Å². The van der Waals surface area contributed by atoms with Crippen molar-refractivity contribution in [3.8, 4) is 5.69 Å². The molecule has 1 heterocycles. The van der Waals surface area contributed by atoms with Crippen molar-refractivity contribution in [2.75, 3.05) is 13.1 Å². The fraction of sp³-hybridized carbons (Fsp3) is 0.389. The Morgan fingerprint density at radius 2 is 1.88 bits per heavy atom. The van der Waals surface area contributed by atoms with Crippen LogP contribution in [0.1, 0.15) is 19.5 Å². The van der Waals surface area contributed by atoms with Gasteiger partial charge >= 0.3 is 0 Å². The molecular weight excluding hydrogens is 337 g/mol. The van der Waals surface area contributed by atoms with Crippen LogP contribution in [-0.4, -0.2) is 40.7 Å². The van der Waals surface area contributed by atoms with Crippen LogP contribution >= 0.6 is 0 Å². The van der Waals surface area contributed by atoms with Crippen LogP contribution in [-0.2, 0) is 16.0 Å². The molecule has 0 radical (unpaired) electrons. The first kappa shape index (κ1) is 19.6. The number of carbonyl (C=O) groups is 2. The highest BCUT2D eigenvalue weighted by Gasteiger charge is 2.17. The molecule has 0 fully saturated rings. The summed E-state index contributed by atoms with van der Waals surface area (Å²) in [4.78, 5) is 23.5. The van der Waals surface area contributed by atoms with Crippen molar-refractivity contribution in [1.29, 1.82) is 0 Å². The van der Waals surface area contributed by atoms with Gasteiger partial charge in [-0.3, -0.25) is 9.59 Å². The standard InChI is InChI=1S/C18H24FN5O2/c1-12(2)17(20)18(26)22-11-16(25)21-9-7-14-8-10-24(23-14)15-5-3-13(19)4-6-15/h3-6,8,10,12,17H,7,9,11,20H2,1-2H3,(H,21,25)(H,22,26)/t17-/m0/s1. The van der Waals surface area contributed by atoms with E-state index in [1.165, 1.54) is 12.1 Å². The molecule has 4 N–H and O–H groups in total. The lowest BCUT2D eigenvalue weighted by Crippen LogP contribution is -2.47. The van der Waals surface area contributed by atoms with E-state index < -0.39 is 6.04 Å². The Labute approximate surface area is 151 Å². The van der Waals surface area contributed by atoms with Crippen LogP contribution < -0.4 is 16.4 Å². The highest BCUT2D eigenvalue weighted by atomic mass is 19.1. The molecule has 1 atom stereocenters. The van der Waals surface area contributed by atoms with Crippen LogP contribution in [0.15, 0.2) is 36.5 Å². The van der Waals surface area contributed by atoms with Crippen LogP contribution in [0.2, 0.25) is 0 Å². The fourth-order valence-electron chi connectivity index (χ4n) is 2.21. The molecule has 1 aromatic heterocycles. The smallest absolute Gasteiger partial charge is 0.239 e. The molecule has 0 aliphatic carbocycles. The average Bonchev–Trinajstić information content (AvgIpc) is 3.08. The normalized spacial score (nSPS) is 12.0. The molecule has 0 bridgehead atoms. The summed E-state index contributed by atoms with van der Waals surface area (Å²) in [6.45, 7) is 3.97. The number of hydrogen-bond acceptors (Lipinski definition) is 4. The monoisotopic (exact) mass is 361 g/mol. The summed E-state index contributed by atoms with van der Waals surface area (Å²) in [6, 6.07) is 7.22. The molecule has 7 nitrogen and oxygen atoms in total. The third-order valence-electron chi connectivity index (χ3n) is 3.88. The number of nitrogens with two attached hydrogens (primary N) is 1. The maximum absolute atomic E-state index is 12.9. The molecule has 0 aliphatic rings. The highest BCUT2D eigenvalue weighted by Crippen LogP contribution is 2.09. The van der Waals surface area contributed by atoms with Crippen molar-refractivity contribution >= 4 is 11.8 Å². The maximum atomic E-state index is 12.9. The van der Waals surface area contributed by atoms with Gasteiger partial charge in [-0.2, -0.15) is 5.10 Å². The Hall–Kier alpha value is -2.74. The van der Waals surface area contributed by atoms with Crippen LogP contribution in [0.25, 0.3) is 5.69 Å². The van der Waals surface area contributed by atoms with Gasteiger partial charge < -0.3 is 16.4 Å². The van der Waals surface area contributed by atoms with Crippen molar-refractivity contribution in [3.05, 3.63) is 48.0 Å². The second-order valence-electron chi connectivity index (χ2n) is 6.32. The molecule has 2 aromatic rings. The van der Waals surface area contributed by atoms with Crippen molar-refractivity contribution in [3.63, 3.8) is 0 Å². The fourth-order valence-corrected chi connectivity index (χ4v) is 2.21. The third kappa shape index (κ3) is 5.66. The summed E-state index contributed by atoms with van der Waals surface area (Å²) in [5, 5.41) is 9.61. The SMILES string of the molecule is CC(C)[C@H](N)C(=O)NCC(=O)NCCc1ccn(-c2ccc(F)cc2)n1. The van der Waals surface area contributed by atoms with E-state index in [1.54, 1.807) is 23.0 Å². The third-order valence-corrected chi connectivity index (χ3v) is 3.88. The molecule has 0 spiro atoms. The quantitative estimate of drug-likeness (QED) is 0.646. The van der Waals surface area contributed by atoms with E-state index in [0.717, 1.165) is 11.4 Å². The van der Waals surface area contributed by atoms with Crippen molar-refractivity contribution in [2.24, 2.45) is 11.7 Å². The van der Waals surface area contributed by atoms with E-state index in [4.69, 9.17) is 5.73 Å². The second kappa shape index (κ2) is 9.10. The summed E-state index contributed by atoms with van der Waals surface area (Å²) >= 11 is 0. The number of rotatable bonds is 8. The van der Waals surface area contributed by atoms with E-state index >= 15 is 0 Å². The van der Waals surface area contributed by atoms with Gasteiger partial charge in [-0.1, -0.05) is 13.8 Å². The Bertz CT molecular complexity index is 742. The molecule has 140 valence electrons. The van der Waals surface area contributed by atoms with Crippen LogP contribution in [0, 0.1) is 11.7 Å². The summed E-state index contributed by atoms with van der Waals surface area (Å²) in [5.41, 5.74) is 7.25. The van der Waals surface area contributed by atoms with Crippen LogP contribution in [0.4, 0.5) is 4.39 Å². The van der Waals surface area contributed by atoms with Crippen molar-refractivity contribution < 1.29 is 14.0 Å². The lowest BCUT2D eigenvalue weighted by atomic mass is 10.1. The molecule has 2 amide bonds. The van der Waals surface area contributed by atoms with E-state index in [9.17, 15) is 14.0 Å². The van der Waals surface area contributed by atoms with Gasteiger partial charge in [-0.15, -0.1) is 0 Å². The minimum atomic E-state index is -0.627. The van der Waals surface area contributed by atoms with E-state index in [2.05, 4.69) is 15.7 Å². The van der Waals surface area contributed by atoms with E-state index in [0.29, 0.717) is 13.0 Å². The predicted octanol–water partition coefficient (Wildman–Crippen LogP) is 0.770. The maximum Gasteiger partial charge on any atom is 0.239 e. The molecule has 26 heavy (non-hydrogen) atoms. The molecular formula is C18H24FN5O2. The summed E-state index contributed by atoms with van der Waals surface area (Å²) in [5.74, 6) is -0.917. The number of nitrogens with one attached hydrogen (secondary N) is 2. The van der Waals surface area contributed by atoms with Crippen molar-refractivity contribution in [2.45, 2.75) is 26.3 Å². The Morgan fingerprint density at radius 1 is 1.19 bits per heavy atom. The number of hydrogen-bond donors (Lipinski definition) is 3. The topological polar surface area (TPSA) is 102 Å². The second-order valence-corrected chi connectivity index (χ2v) is 6.32. The van der Waals surface area contributed by atoms with Gasteiger partial charge in [0.2, 0.25) is 11.8 Å². The largest absolute Gasteiger partial charge is 0.354 e. The van der Waals surface area contributed by atoms with E-state index in [-0.39, 0.29) is 30.1 Å². The van der Waals surface area contributed by atoms with Crippen LogP contribution in [0.5, 0.6) is 0 Å². The van der Waals surface area contributed by atoms with Gasteiger partial charge in [0.25, 0.3) is 0 Å². The molecule has 0 unspecified atom stereocenters. The lowest BCUT2D eigenvalue weighted by Gasteiger charge is -2.15. The number of benzene rings is 1. The van der Waals surface area contributed by atoms with E-state index in [1.807, 2.05) is 19.9 Å².